The van der Waals surface area contributed by atoms with Crippen molar-refractivity contribution >= 4 is 17.5 Å². The van der Waals surface area contributed by atoms with Crippen LogP contribution in [0.25, 0.3) is 0 Å². The topological polar surface area (TPSA) is 41.6 Å². The molecule has 0 aromatic heterocycles. The van der Waals surface area contributed by atoms with Crippen LogP contribution in [0, 0.1) is 5.41 Å². The molecular formula is C17H23ClN2O2. The average Bonchev–Trinajstić information content (AvgIpc) is 2.98. The van der Waals surface area contributed by atoms with Crippen molar-refractivity contribution in [3.63, 3.8) is 0 Å². The van der Waals surface area contributed by atoms with E-state index in [4.69, 9.17) is 16.3 Å². The largest absolute Gasteiger partial charge is 0.491 e. The molecule has 0 bridgehead atoms. The number of amides is 1. The fourth-order valence-corrected chi connectivity index (χ4v) is 3.61. The predicted molar refractivity (Wildman–Crippen MR) is 87.3 cm³/mol. The molecule has 1 aromatic rings. The monoisotopic (exact) mass is 322 g/mol. The fraction of sp³-hybridized carbons (Fsp3) is 0.588. The molecule has 0 unspecified atom stereocenters. The third-order valence-corrected chi connectivity index (χ3v) is 5.23. The molecule has 4 nitrogen and oxygen atoms in total. The van der Waals surface area contributed by atoms with E-state index in [1.54, 1.807) is 6.07 Å². The lowest BCUT2D eigenvalue weighted by Gasteiger charge is -2.38. The average molecular weight is 323 g/mol. The molecule has 5 heteroatoms. The van der Waals surface area contributed by atoms with Crippen molar-refractivity contribution in [3.8, 4) is 5.75 Å². The summed E-state index contributed by atoms with van der Waals surface area (Å²) in [6.45, 7) is 4.38. The molecule has 2 fully saturated rings. The summed E-state index contributed by atoms with van der Waals surface area (Å²) in [6.07, 6.45) is 3.91. The van der Waals surface area contributed by atoms with Crippen molar-refractivity contribution in [1.82, 2.24) is 10.2 Å². The molecule has 0 radical (unpaired) electrons. The van der Waals surface area contributed by atoms with E-state index in [1.807, 2.05) is 23.1 Å². The molecule has 1 aromatic carbocycles. The second kappa shape index (κ2) is 6.88. The molecule has 0 aliphatic carbocycles. The summed E-state index contributed by atoms with van der Waals surface area (Å²) in [5.74, 6) is 0.833. The number of piperidine rings is 1. The highest BCUT2D eigenvalue weighted by atomic mass is 35.5. The van der Waals surface area contributed by atoms with Gasteiger partial charge in [0.15, 0.2) is 0 Å². The van der Waals surface area contributed by atoms with E-state index in [0.717, 1.165) is 39.0 Å². The third kappa shape index (κ3) is 3.55. The molecule has 2 heterocycles. The maximum Gasteiger partial charge on any atom is 0.225 e. The Morgan fingerprint density at radius 2 is 2.05 bits per heavy atom. The Morgan fingerprint density at radius 3 is 2.73 bits per heavy atom. The molecule has 2 saturated heterocycles. The molecule has 1 amide bonds. The van der Waals surface area contributed by atoms with Gasteiger partial charge in [-0.3, -0.25) is 4.79 Å². The second-order valence-electron chi connectivity index (χ2n) is 6.34. The summed E-state index contributed by atoms with van der Waals surface area (Å²) in [7, 11) is 0. The van der Waals surface area contributed by atoms with E-state index in [0.29, 0.717) is 29.2 Å². The second-order valence-corrected chi connectivity index (χ2v) is 6.74. The summed E-state index contributed by atoms with van der Waals surface area (Å²) in [6, 6.07) is 7.35. The molecule has 1 N–H and O–H groups in total. The molecule has 3 rings (SSSR count). The van der Waals surface area contributed by atoms with Crippen LogP contribution in [0.5, 0.6) is 5.75 Å². The smallest absolute Gasteiger partial charge is 0.225 e. The van der Waals surface area contributed by atoms with Crippen molar-refractivity contribution in [2.75, 3.05) is 32.8 Å². The number of carbonyl (C=O) groups excluding carboxylic acids is 1. The highest BCUT2D eigenvalue weighted by molar-refractivity contribution is 6.32. The quantitative estimate of drug-likeness (QED) is 0.926. The summed E-state index contributed by atoms with van der Waals surface area (Å²) in [5.41, 5.74) is 0.449. The van der Waals surface area contributed by atoms with Gasteiger partial charge in [0, 0.05) is 19.6 Å². The number of ether oxygens (including phenoxy) is 1. The Morgan fingerprint density at radius 1 is 1.27 bits per heavy atom. The molecule has 120 valence electrons. The highest BCUT2D eigenvalue weighted by Crippen LogP contribution is 2.37. The summed E-state index contributed by atoms with van der Waals surface area (Å²) in [4.78, 5) is 14.3. The summed E-state index contributed by atoms with van der Waals surface area (Å²) in [5, 5.41) is 4.04. The van der Waals surface area contributed by atoms with Crippen molar-refractivity contribution in [3.05, 3.63) is 29.3 Å². The highest BCUT2D eigenvalue weighted by Gasteiger charge is 2.37. The maximum atomic E-state index is 12.3. The number of likely N-dealkylation sites (tertiary alicyclic amines) is 1. The molecule has 2 aliphatic rings. The van der Waals surface area contributed by atoms with Gasteiger partial charge in [-0.05, 0) is 43.4 Å². The van der Waals surface area contributed by atoms with Gasteiger partial charge in [-0.1, -0.05) is 23.7 Å². The Hall–Kier alpha value is -1.26. The molecule has 22 heavy (non-hydrogen) atoms. The van der Waals surface area contributed by atoms with E-state index in [1.165, 1.54) is 6.42 Å². The van der Waals surface area contributed by atoms with Gasteiger partial charge in [-0.25, -0.2) is 0 Å². The molecule has 1 spiro atoms. The SMILES string of the molecule is O=C(CCOc1ccccc1Cl)N1CCC2(CCNC2)CC1. The van der Waals surface area contributed by atoms with E-state index in [2.05, 4.69) is 5.32 Å². The number of hydrogen-bond acceptors (Lipinski definition) is 3. The lowest BCUT2D eigenvalue weighted by atomic mass is 9.78. The van der Waals surface area contributed by atoms with Gasteiger partial charge in [0.25, 0.3) is 0 Å². The Labute approximate surface area is 136 Å². The van der Waals surface area contributed by atoms with Crippen LogP contribution in [0.1, 0.15) is 25.7 Å². The van der Waals surface area contributed by atoms with Gasteiger partial charge < -0.3 is 15.0 Å². The predicted octanol–water partition coefficient (Wildman–Crippen LogP) is 2.71. The minimum Gasteiger partial charge on any atom is -0.491 e. The Bertz CT molecular complexity index is 519. The van der Waals surface area contributed by atoms with Gasteiger partial charge in [0.05, 0.1) is 18.1 Å². The maximum absolute atomic E-state index is 12.3. The van der Waals surface area contributed by atoms with Crippen LogP contribution < -0.4 is 10.1 Å². The number of carbonyl (C=O) groups is 1. The first-order valence-electron chi connectivity index (χ1n) is 8.04. The van der Waals surface area contributed by atoms with Crippen LogP contribution in [0.3, 0.4) is 0 Å². The molecule has 2 aliphatic heterocycles. The van der Waals surface area contributed by atoms with Crippen LogP contribution in [0.4, 0.5) is 0 Å². The number of rotatable bonds is 4. The normalized spacial score (nSPS) is 20.3. The summed E-state index contributed by atoms with van der Waals surface area (Å²) >= 11 is 6.03. The first-order chi connectivity index (χ1) is 10.7. The van der Waals surface area contributed by atoms with E-state index in [9.17, 15) is 4.79 Å². The number of benzene rings is 1. The van der Waals surface area contributed by atoms with Crippen molar-refractivity contribution in [2.24, 2.45) is 5.41 Å². The van der Waals surface area contributed by atoms with Gasteiger partial charge >= 0.3 is 0 Å². The number of halogens is 1. The van der Waals surface area contributed by atoms with Crippen LogP contribution >= 0.6 is 11.6 Å². The van der Waals surface area contributed by atoms with E-state index < -0.39 is 0 Å². The fourth-order valence-electron chi connectivity index (χ4n) is 3.42. The molecule has 0 saturated carbocycles. The number of hydrogen-bond donors (Lipinski definition) is 1. The van der Waals surface area contributed by atoms with Crippen LogP contribution in [0.15, 0.2) is 24.3 Å². The van der Waals surface area contributed by atoms with Crippen molar-refractivity contribution < 1.29 is 9.53 Å². The van der Waals surface area contributed by atoms with E-state index in [-0.39, 0.29) is 5.91 Å². The molecule has 0 atom stereocenters. The van der Waals surface area contributed by atoms with Crippen LogP contribution in [-0.2, 0) is 4.79 Å². The first-order valence-corrected chi connectivity index (χ1v) is 8.42. The number of para-hydroxylation sites is 1. The third-order valence-electron chi connectivity index (χ3n) is 4.92. The van der Waals surface area contributed by atoms with Crippen molar-refractivity contribution in [2.45, 2.75) is 25.7 Å². The zero-order chi connectivity index (χ0) is 15.4. The van der Waals surface area contributed by atoms with Gasteiger partial charge in [0.1, 0.15) is 5.75 Å². The minimum atomic E-state index is 0.188. The first kappa shape index (κ1) is 15.6. The van der Waals surface area contributed by atoms with Crippen LogP contribution in [-0.4, -0.2) is 43.6 Å². The lowest BCUT2D eigenvalue weighted by Crippen LogP contribution is -2.44. The zero-order valence-electron chi connectivity index (χ0n) is 12.8. The Balaban J connectivity index is 1.42. The number of nitrogens with zero attached hydrogens (tertiary/aromatic N) is 1. The van der Waals surface area contributed by atoms with Crippen molar-refractivity contribution in [1.29, 1.82) is 0 Å². The van der Waals surface area contributed by atoms with Gasteiger partial charge in [0.2, 0.25) is 5.91 Å². The Kier molecular flexibility index (Phi) is 4.89. The minimum absolute atomic E-state index is 0.188. The van der Waals surface area contributed by atoms with Crippen LogP contribution in [0.2, 0.25) is 5.02 Å². The summed E-state index contributed by atoms with van der Waals surface area (Å²) < 4.78 is 5.60. The lowest BCUT2D eigenvalue weighted by molar-refractivity contribution is -0.133. The zero-order valence-corrected chi connectivity index (χ0v) is 13.6. The van der Waals surface area contributed by atoms with Gasteiger partial charge in [-0.15, -0.1) is 0 Å². The van der Waals surface area contributed by atoms with E-state index >= 15 is 0 Å². The van der Waals surface area contributed by atoms with Gasteiger partial charge in [-0.2, -0.15) is 0 Å². The molecular weight excluding hydrogens is 300 g/mol. The standard InChI is InChI=1S/C17H23ClN2O2/c18-14-3-1-2-4-15(14)22-12-5-16(21)20-10-7-17(8-11-20)6-9-19-13-17/h1-4,19H,5-13H2. The number of nitrogens with one attached hydrogen (secondary N) is 1.